The van der Waals surface area contributed by atoms with Gasteiger partial charge in [-0.25, -0.2) is 0 Å². The highest BCUT2D eigenvalue weighted by Gasteiger charge is 2.15. The van der Waals surface area contributed by atoms with Gasteiger partial charge in [0.15, 0.2) is 0 Å². The second-order valence-corrected chi connectivity index (χ2v) is 10.4. The highest BCUT2D eigenvalue weighted by Crippen LogP contribution is 2.38. The Morgan fingerprint density at radius 1 is 0.465 bits per heavy atom. The van der Waals surface area contributed by atoms with E-state index in [1.807, 2.05) is 48.5 Å². The van der Waals surface area contributed by atoms with E-state index in [9.17, 15) is 4.79 Å². The minimum Gasteiger partial charge on any atom is -0.427 e. The monoisotopic (exact) mass is 560 g/mol. The third-order valence-corrected chi connectivity index (χ3v) is 7.23. The van der Waals surface area contributed by atoms with Gasteiger partial charge < -0.3 is 14.5 Å². The van der Waals surface area contributed by atoms with Crippen molar-refractivity contribution < 1.29 is 9.53 Å². The molecule has 0 spiro atoms. The largest absolute Gasteiger partial charge is 0.427 e. The summed E-state index contributed by atoms with van der Waals surface area (Å²) in [6.07, 6.45) is 0. The van der Waals surface area contributed by atoms with Crippen LogP contribution in [0.1, 0.15) is 12.5 Å². The Morgan fingerprint density at radius 3 is 1.30 bits per heavy atom. The van der Waals surface area contributed by atoms with Crippen LogP contribution in [0.5, 0.6) is 5.75 Å². The lowest BCUT2D eigenvalue weighted by molar-refractivity contribution is -0.131. The van der Waals surface area contributed by atoms with E-state index in [2.05, 4.69) is 126 Å². The number of nitrogens with zero attached hydrogens (tertiary/aromatic N) is 2. The fraction of sp³-hybridized carbons (Fsp3) is 0.0513. The molecule has 0 unspecified atom stereocenters. The van der Waals surface area contributed by atoms with Crippen molar-refractivity contribution in [3.8, 4) is 16.9 Å². The minimum atomic E-state index is -0.334. The number of ether oxygens (including phenoxy) is 1. The predicted octanol–water partition coefficient (Wildman–Crippen LogP) is 10.5. The maximum atomic E-state index is 11.4. The molecule has 0 aliphatic carbocycles. The van der Waals surface area contributed by atoms with Gasteiger partial charge in [-0.1, -0.05) is 72.8 Å². The average molecular weight is 561 g/mol. The van der Waals surface area contributed by atoms with Crippen LogP contribution in [0.4, 0.5) is 34.1 Å². The number of hydrogen-bond donors (Lipinski definition) is 0. The smallest absolute Gasteiger partial charge is 0.308 e. The topological polar surface area (TPSA) is 32.8 Å². The fourth-order valence-corrected chi connectivity index (χ4v) is 5.25. The molecule has 4 nitrogen and oxygen atoms in total. The molecule has 6 rings (SSSR count). The van der Waals surface area contributed by atoms with Gasteiger partial charge in [0.1, 0.15) is 5.75 Å². The highest BCUT2D eigenvalue weighted by atomic mass is 16.5. The molecule has 0 amide bonds. The first-order valence-electron chi connectivity index (χ1n) is 14.3. The summed E-state index contributed by atoms with van der Waals surface area (Å²) >= 11 is 0. The number of rotatable bonds is 8. The molecule has 6 aromatic carbocycles. The normalized spacial score (nSPS) is 10.7. The van der Waals surface area contributed by atoms with Crippen molar-refractivity contribution >= 4 is 40.1 Å². The van der Waals surface area contributed by atoms with Gasteiger partial charge >= 0.3 is 5.97 Å². The first kappa shape index (κ1) is 27.6. The summed E-state index contributed by atoms with van der Waals surface area (Å²) in [4.78, 5) is 15.8. The van der Waals surface area contributed by atoms with Gasteiger partial charge in [-0.3, -0.25) is 4.79 Å². The van der Waals surface area contributed by atoms with Crippen molar-refractivity contribution in [3.63, 3.8) is 0 Å². The van der Waals surface area contributed by atoms with Crippen LogP contribution in [0.2, 0.25) is 0 Å². The molecule has 4 heteroatoms. The van der Waals surface area contributed by atoms with Crippen molar-refractivity contribution in [1.29, 1.82) is 0 Å². The summed E-state index contributed by atoms with van der Waals surface area (Å²) in [5, 5.41) is 0. The Kier molecular flexibility index (Phi) is 8.01. The summed E-state index contributed by atoms with van der Waals surface area (Å²) in [7, 11) is 0. The molecule has 0 saturated heterocycles. The maximum Gasteiger partial charge on any atom is 0.308 e. The zero-order chi connectivity index (χ0) is 29.6. The molecule has 43 heavy (non-hydrogen) atoms. The van der Waals surface area contributed by atoms with Crippen molar-refractivity contribution in [1.82, 2.24) is 0 Å². The number of esters is 1. The molecule has 0 fully saturated rings. The molecule has 0 saturated carbocycles. The van der Waals surface area contributed by atoms with Crippen LogP contribution >= 0.6 is 0 Å². The number of benzene rings is 6. The van der Waals surface area contributed by atoms with E-state index in [1.165, 1.54) is 12.5 Å². The third kappa shape index (κ3) is 6.34. The van der Waals surface area contributed by atoms with Crippen LogP contribution in [-0.4, -0.2) is 5.97 Å². The van der Waals surface area contributed by atoms with Crippen LogP contribution in [0, 0.1) is 6.92 Å². The van der Waals surface area contributed by atoms with Crippen LogP contribution < -0.4 is 14.5 Å². The highest BCUT2D eigenvalue weighted by molar-refractivity contribution is 5.81. The maximum absolute atomic E-state index is 11.4. The predicted molar refractivity (Wildman–Crippen MR) is 177 cm³/mol. The molecule has 0 N–H and O–H groups in total. The zero-order valence-corrected chi connectivity index (χ0v) is 24.2. The van der Waals surface area contributed by atoms with E-state index < -0.39 is 0 Å². The van der Waals surface area contributed by atoms with Crippen LogP contribution in [-0.2, 0) is 4.79 Å². The van der Waals surface area contributed by atoms with Gasteiger partial charge in [-0.2, -0.15) is 0 Å². The quantitative estimate of drug-likeness (QED) is 0.137. The van der Waals surface area contributed by atoms with Gasteiger partial charge in [0.25, 0.3) is 0 Å². The molecule has 0 aliphatic heterocycles. The summed E-state index contributed by atoms with van der Waals surface area (Å²) in [5.74, 6) is 0.190. The standard InChI is InChI=1S/C39H32N2O2/c1-29-10-9-15-38(28-29)41(34-13-7-4-8-14-34)36-22-18-32(19-23-36)31-16-20-35(21-17-31)40(33-11-5-3-6-12-33)37-24-26-39(27-25-37)43-30(2)42/h3-28H,1-2H3. The molecular formula is C39H32N2O2. The Labute approximate surface area is 253 Å². The second kappa shape index (κ2) is 12.5. The first-order chi connectivity index (χ1) is 21.0. The molecule has 0 atom stereocenters. The minimum absolute atomic E-state index is 0.334. The Morgan fingerprint density at radius 2 is 0.860 bits per heavy atom. The van der Waals surface area contributed by atoms with Gasteiger partial charge in [0, 0.05) is 41.0 Å². The summed E-state index contributed by atoms with van der Waals surface area (Å²) in [6, 6.07) is 54.1. The number of hydrogen-bond acceptors (Lipinski definition) is 4. The van der Waals surface area contributed by atoms with Crippen LogP contribution in [0.15, 0.2) is 158 Å². The number of anilines is 6. The fourth-order valence-electron chi connectivity index (χ4n) is 5.25. The van der Waals surface area contributed by atoms with Gasteiger partial charge in [0.05, 0.1) is 0 Å². The molecule has 6 aromatic rings. The van der Waals surface area contributed by atoms with Crippen molar-refractivity contribution in [2.45, 2.75) is 13.8 Å². The Balaban J connectivity index is 1.30. The SMILES string of the molecule is CC(=O)Oc1ccc(N(c2ccccc2)c2ccc(-c3ccc(N(c4ccccc4)c4cccc(C)c4)cc3)cc2)cc1. The molecule has 0 bridgehead atoms. The number of carbonyl (C=O) groups is 1. The molecule has 0 radical (unpaired) electrons. The second-order valence-electron chi connectivity index (χ2n) is 10.4. The zero-order valence-electron chi connectivity index (χ0n) is 24.2. The van der Waals surface area contributed by atoms with E-state index in [-0.39, 0.29) is 5.97 Å². The van der Waals surface area contributed by atoms with Gasteiger partial charge in [0.2, 0.25) is 0 Å². The molecular weight excluding hydrogens is 528 g/mol. The first-order valence-corrected chi connectivity index (χ1v) is 14.3. The summed E-state index contributed by atoms with van der Waals surface area (Å²) < 4.78 is 5.24. The van der Waals surface area contributed by atoms with Crippen LogP contribution in [0.3, 0.4) is 0 Å². The molecule has 0 heterocycles. The average Bonchev–Trinajstić information content (AvgIpc) is 3.04. The van der Waals surface area contributed by atoms with E-state index in [4.69, 9.17) is 4.74 Å². The number of para-hydroxylation sites is 2. The summed E-state index contributed by atoms with van der Waals surface area (Å²) in [6.45, 7) is 3.53. The van der Waals surface area contributed by atoms with Gasteiger partial charge in [-0.05, 0) is 109 Å². The molecule has 210 valence electrons. The molecule has 0 aliphatic rings. The van der Waals surface area contributed by atoms with Crippen LogP contribution in [0.25, 0.3) is 11.1 Å². The Hall–Kier alpha value is -5.61. The third-order valence-electron chi connectivity index (χ3n) is 7.23. The van der Waals surface area contributed by atoms with Crippen molar-refractivity contribution in [2.24, 2.45) is 0 Å². The lowest BCUT2D eigenvalue weighted by atomic mass is 10.0. The van der Waals surface area contributed by atoms with Crippen molar-refractivity contribution in [3.05, 3.63) is 163 Å². The summed E-state index contributed by atoms with van der Waals surface area (Å²) in [5.41, 5.74) is 9.89. The molecule has 0 aromatic heterocycles. The lowest BCUT2D eigenvalue weighted by Gasteiger charge is -2.26. The van der Waals surface area contributed by atoms with Crippen molar-refractivity contribution in [2.75, 3.05) is 9.80 Å². The van der Waals surface area contributed by atoms with E-state index >= 15 is 0 Å². The number of aryl methyl sites for hydroxylation is 1. The van der Waals surface area contributed by atoms with E-state index in [1.54, 1.807) is 0 Å². The van der Waals surface area contributed by atoms with Gasteiger partial charge in [-0.15, -0.1) is 0 Å². The Bertz CT molecular complexity index is 1800. The van der Waals surface area contributed by atoms with E-state index in [0.29, 0.717) is 5.75 Å². The van der Waals surface area contributed by atoms with E-state index in [0.717, 1.165) is 45.3 Å². The number of carbonyl (C=O) groups excluding carboxylic acids is 1. The lowest BCUT2D eigenvalue weighted by Crippen LogP contribution is -2.10.